The van der Waals surface area contributed by atoms with Gasteiger partial charge < -0.3 is 15.2 Å². The van der Waals surface area contributed by atoms with Gasteiger partial charge in [0.2, 0.25) is 0 Å². The number of nitrogens with one attached hydrogen (secondary N) is 1. The SMILES string of the molecule is CC(C)CN(CCN(C)C)C(=O)c1nc(NN)ccc1Cl. The van der Waals surface area contributed by atoms with Gasteiger partial charge in [0.05, 0.1) is 5.02 Å². The van der Waals surface area contributed by atoms with Crippen LogP contribution in [0.4, 0.5) is 5.82 Å². The number of carbonyl (C=O) groups is 1. The van der Waals surface area contributed by atoms with Gasteiger partial charge in [-0.05, 0) is 32.1 Å². The van der Waals surface area contributed by atoms with Crippen molar-refractivity contribution in [3.63, 3.8) is 0 Å². The van der Waals surface area contributed by atoms with E-state index in [9.17, 15) is 4.79 Å². The summed E-state index contributed by atoms with van der Waals surface area (Å²) in [5, 5.41) is 0.331. The molecular weight excluding hydrogens is 290 g/mol. The van der Waals surface area contributed by atoms with Crippen LogP contribution in [0.25, 0.3) is 0 Å². The molecule has 0 radical (unpaired) electrons. The van der Waals surface area contributed by atoms with Crippen molar-refractivity contribution in [1.82, 2.24) is 14.8 Å². The molecule has 0 aromatic carbocycles. The average molecular weight is 314 g/mol. The topological polar surface area (TPSA) is 74.5 Å². The first-order valence-corrected chi connectivity index (χ1v) is 7.30. The van der Waals surface area contributed by atoms with E-state index in [2.05, 4.69) is 24.3 Å². The standard InChI is InChI=1S/C14H24ClN5O/c1-10(2)9-20(8-7-19(3)4)14(21)13-11(15)5-6-12(17-13)18-16/h5-6,10H,7-9,16H2,1-4H3,(H,17,18). The highest BCUT2D eigenvalue weighted by molar-refractivity contribution is 6.33. The van der Waals surface area contributed by atoms with Crippen LogP contribution in [0.2, 0.25) is 5.02 Å². The van der Waals surface area contributed by atoms with Gasteiger partial charge in [-0.1, -0.05) is 25.4 Å². The highest BCUT2D eigenvalue weighted by Crippen LogP contribution is 2.18. The molecule has 0 spiro atoms. The second-order valence-corrected chi connectivity index (χ2v) is 6.03. The molecule has 1 heterocycles. The fourth-order valence-electron chi connectivity index (χ4n) is 1.86. The molecule has 1 amide bonds. The number of rotatable bonds is 7. The molecule has 0 saturated carbocycles. The summed E-state index contributed by atoms with van der Waals surface area (Å²) in [6.45, 7) is 6.21. The maximum absolute atomic E-state index is 12.7. The Morgan fingerprint density at radius 2 is 2.05 bits per heavy atom. The number of aromatic nitrogens is 1. The highest BCUT2D eigenvalue weighted by Gasteiger charge is 2.21. The Morgan fingerprint density at radius 1 is 1.38 bits per heavy atom. The van der Waals surface area contributed by atoms with Crippen molar-refractivity contribution in [2.45, 2.75) is 13.8 Å². The van der Waals surface area contributed by atoms with Crippen molar-refractivity contribution in [3.05, 3.63) is 22.8 Å². The summed E-state index contributed by atoms with van der Waals surface area (Å²) in [6, 6.07) is 3.25. The van der Waals surface area contributed by atoms with Crippen LogP contribution in [0.15, 0.2) is 12.1 Å². The highest BCUT2D eigenvalue weighted by atomic mass is 35.5. The first kappa shape index (κ1) is 17.7. The third kappa shape index (κ3) is 5.49. The Balaban J connectivity index is 2.97. The lowest BCUT2D eigenvalue weighted by Crippen LogP contribution is -2.39. The predicted molar refractivity (Wildman–Crippen MR) is 86.4 cm³/mol. The minimum absolute atomic E-state index is 0.173. The van der Waals surface area contributed by atoms with Crippen molar-refractivity contribution >= 4 is 23.3 Å². The zero-order valence-corrected chi connectivity index (χ0v) is 13.8. The molecule has 1 rings (SSSR count). The Morgan fingerprint density at radius 3 is 2.57 bits per heavy atom. The average Bonchev–Trinajstić information content (AvgIpc) is 2.42. The summed E-state index contributed by atoms with van der Waals surface area (Å²) in [5.74, 6) is 5.95. The van der Waals surface area contributed by atoms with Crippen LogP contribution in [-0.2, 0) is 0 Å². The summed E-state index contributed by atoms with van der Waals surface area (Å²) in [7, 11) is 3.95. The number of nitrogens with zero attached hydrogens (tertiary/aromatic N) is 3. The molecule has 1 aromatic rings. The molecule has 118 valence electrons. The number of pyridine rings is 1. The van der Waals surface area contributed by atoms with E-state index < -0.39 is 0 Å². The van der Waals surface area contributed by atoms with E-state index in [1.165, 1.54) is 0 Å². The predicted octanol–water partition coefficient (Wildman–Crippen LogP) is 1.68. The zero-order valence-electron chi connectivity index (χ0n) is 13.1. The molecule has 3 N–H and O–H groups in total. The Labute approximate surface area is 131 Å². The number of hydrogen-bond donors (Lipinski definition) is 2. The molecule has 0 fully saturated rings. The molecule has 0 aliphatic rings. The molecule has 21 heavy (non-hydrogen) atoms. The van der Waals surface area contributed by atoms with Crippen LogP contribution in [-0.4, -0.2) is 54.4 Å². The number of halogens is 1. The molecule has 0 saturated heterocycles. The maximum atomic E-state index is 12.7. The number of anilines is 1. The first-order valence-electron chi connectivity index (χ1n) is 6.92. The van der Waals surface area contributed by atoms with Gasteiger partial charge >= 0.3 is 0 Å². The van der Waals surface area contributed by atoms with Gasteiger partial charge in [0.25, 0.3) is 5.91 Å². The van der Waals surface area contributed by atoms with Gasteiger partial charge in [0.15, 0.2) is 0 Å². The summed E-state index contributed by atoms with van der Waals surface area (Å²) < 4.78 is 0. The summed E-state index contributed by atoms with van der Waals surface area (Å²) in [5.41, 5.74) is 2.66. The number of hydrazine groups is 1. The van der Waals surface area contributed by atoms with Crippen molar-refractivity contribution < 1.29 is 4.79 Å². The Hall–Kier alpha value is -1.37. The molecule has 7 heteroatoms. The van der Waals surface area contributed by atoms with Crippen molar-refractivity contribution in [2.75, 3.05) is 39.2 Å². The maximum Gasteiger partial charge on any atom is 0.274 e. The number of likely N-dealkylation sites (N-methyl/N-ethyl adjacent to an activating group) is 1. The van der Waals surface area contributed by atoms with Gasteiger partial charge in [-0.2, -0.15) is 0 Å². The number of carbonyl (C=O) groups excluding carboxylic acids is 1. The summed E-state index contributed by atoms with van der Waals surface area (Å²) in [6.07, 6.45) is 0. The van der Waals surface area contributed by atoms with Gasteiger partial charge in [0, 0.05) is 19.6 Å². The van der Waals surface area contributed by atoms with E-state index >= 15 is 0 Å². The molecular formula is C14H24ClN5O. The number of hydrogen-bond acceptors (Lipinski definition) is 5. The molecule has 6 nitrogen and oxygen atoms in total. The van der Waals surface area contributed by atoms with Crippen LogP contribution >= 0.6 is 11.6 Å². The lowest BCUT2D eigenvalue weighted by Gasteiger charge is -2.26. The van der Waals surface area contributed by atoms with Crippen LogP contribution < -0.4 is 11.3 Å². The zero-order chi connectivity index (χ0) is 16.0. The fourth-order valence-corrected chi connectivity index (χ4v) is 2.05. The third-order valence-electron chi connectivity index (χ3n) is 2.89. The van der Waals surface area contributed by atoms with E-state index in [0.717, 1.165) is 6.54 Å². The Kier molecular flexibility index (Phi) is 6.87. The molecule has 0 aliphatic heterocycles. The van der Waals surface area contributed by atoms with Crippen molar-refractivity contribution in [1.29, 1.82) is 0 Å². The number of amides is 1. The van der Waals surface area contributed by atoms with Crippen LogP contribution in [0, 0.1) is 5.92 Å². The second kappa shape index (κ2) is 8.17. The monoisotopic (exact) mass is 313 g/mol. The smallest absolute Gasteiger partial charge is 0.274 e. The summed E-state index contributed by atoms with van der Waals surface area (Å²) in [4.78, 5) is 20.7. The number of nitrogen functional groups attached to an aromatic ring is 1. The fraction of sp³-hybridized carbons (Fsp3) is 0.571. The molecule has 0 atom stereocenters. The van der Waals surface area contributed by atoms with Crippen molar-refractivity contribution in [2.24, 2.45) is 11.8 Å². The van der Waals surface area contributed by atoms with Gasteiger partial charge in [0.1, 0.15) is 11.5 Å². The summed E-state index contributed by atoms with van der Waals surface area (Å²) >= 11 is 6.10. The van der Waals surface area contributed by atoms with E-state index in [0.29, 0.717) is 29.8 Å². The van der Waals surface area contributed by atoms with Crippen LogP contribution in [0.3, 0.4) is 0 Å². The van der Waals surface area contributed by atoms with Crippen molar-refractivity contribution in [3.8, 4) is 0 Å². The minimum atomic E-state index is -0.173. The lowest BCUT2D eigenvalue weighted by atomic mass is 10.2. The molecule has 0 aliphatic carbocycles. The van der Waals surface area contributed by atoms with Gasteiger partial charge in [-0.25, -0.2) is 10.8 Å². The molecule has 0 unspecified atom stereocenters. The van der Waals surface area contributed by atoms with Crippen LogP contribution in [0.1, 0.15) is 24.3 Å². The molecule has 0 bridgehead atoms. The Bertz CT molecular complexity index is 478. The van der Waals surface area contributed by atoms with E-state index in [-0.39, 0.29) is 11.6 Å². The van der Waals surface area contributed by atoms with Gasteiger partial charge in [-0.15, -0.1) is 0 Å². The normalized spacial score (nSPS) is 11.0. The van der Waals surface area contributed by atoms with Crippen LogP contribution in [0.5, 0.6) is 0 Å². The third-order valence-corrected chi connectivity index (χ3v) is 3.19. The minimum Gasteiger partial charge on any atom is -0.336 e. The van der Waals surface area contributed by atoms with E-state index in [1.807, 2.05) is 19.0 Å². The quantitative estimate of drug-likeness (QED) is 0.592. The van der Waals surface area contributed by atoms with E-state index in [1.54, 1.807) is 17.0 Å². The first-order chi connectivity index (χ1) is 9.85. The largest absolute Gasteiger partial charge is 0.336 e. The second-order valence-electron chi connectivity index (χ2n) is 5.62. The molecule has 1 aromatic heterocycles. The lowest BCUT2D eigenvalue weighted by molar-refractivity contribution is 0.0719. The van der Waals surface area contributed by atoms with Gasteiger partial charge in [-0.3, -0.25) is 4.79 Å². The van der Waals surface area contributed by atoms with E-state index in [4.69, 9.17) is 17.4 Å². The number of nitrogens with two attached hydrogens (primary N) is 1.